The van der Waals surface area contributed by atoms with Crippen LogP contribution in [-0.4, -0.2) is 39.9 Å². The summed E-state index contributed by atoms with van der Waals surface area (Å²) in [5.74, 6) is 0.374. The number of hydrogen-bond acceptors (Lipinski definition) is 3. The van der Waals surface area contributed by atoms with Gasteiger partial charge in [0, 0.05) is 37.8 Å². The van der Waals surface area contributed by atoms with Crippen molar-refractivity contribution in [1.29, 1.82) is 0 Å². The molecule has 2 atom stereocenters. The second-order valence-corrected chi connectivity index (χ2v) is 4.88. The number of nitrogens with zero attached hydrogens (tertiary/aromatic N) is 1. The van der Waals surface area contributed by atoms with Crippen molar-refractivity contribution in [3.05, 3.63) is 30.1 Å². The first-order chi connectivity index (χ1) is 8.70. The number of nitrogens with one attached hydrogen (secondary N) is 1. The van der Waals surface area contributed by atoms with Gasteiger partial charge in [0.05, 0.1) is 6.61 Å². The summed E-state index contributed by atoms with van der Waals surface area (Å²) in [5.41, 5.74) is 1.04. The summed E-state index contributed by atoms with van der Waals surface area (Å²) < 4.78 is 18.3. The van der Waals surface area contributed by atoms with E-state index in [9.17, 15) is 4.39 Å². The zero-order chi connectivity index (χ0) is 13.0. The molecule has 1 heterocycles. The van der Waals surface area contributed by atoms with Crippen LogP contribution in [0.4, 0.5) is 10.1 Å². The van der Waals surface area contributed by atoms with Gasteiger partial charge in [-0.1, -0.05) is 0 Å². The summed E-state index contributed by atoms with van der Waals surface area (Å²) in [5, 5.41) is 3.36. The molecule has 100 valence electrons. The summed E-state index contributed by atoms with van der Waals surface area (Å²) in [6, 6.07) is 7.03. The molecule has 1 aromatic rings. The zero-order valence-corrected chi connectivity index (χ0v) is 11.0. The Bertz CT molecular complexity index is 363. The third-order valence-corrected chi connectivity index (χ3v) is 3.64. The third-order valence-electron chi connectivity index (χ3n) is 3.64. The fraction of sp³-hybridized carbons (Fsp3) is 0.571. The molecule has 1 aromatic carbocycles. The quantitative estimate of drug-likeness (QED) is 0.866. The van der Waals surface area contributed by atoms with Crippen molar-refractivity contribution in [2.75, 3.05) is 38.8 Å². The molecule has 1 saturated heterocycles. The summed E-state index contributed by atoms with van der Waals surface area (Å²) in [6.07, 6.45) is 1.11. The lowest BCUT2D eigenvalue weighted by Gasteiger charge is -2.28. The summed E-state index contributed by atoms with van der Waals surface area (Å²) >= 11 is 0. The number of likely N-dealkylation sites (N-methyl/N-ethyl adjacent to an activating group) is 2. The highest BCUT2D eigenvalue weighted by Crippen LogP contribution is 2.20. The van der Waals surface area contributed by atoms with Crippen LogP contribution in [0.15, 0.2) is 24.3 Å². The molecule has 0 bridgehead atoms. The van der Waals surface area contributed by atoms with Gasteiger partial charge in [0.1, 0.15) is 5.82 Å². The van der Waals surface area contributed by atoms with Crippen LogP contribution in [0.2, 0.25) is 0 Å². The van der Waals surface area contributed by atoms with Crippen LogP contribution in [0.5, 0.6) is 0 Å². The Morgan fingerprint density at radius 2 is 2.17 bits per heavy atom. The van der Waals surface area contributed by atoms with E-state index in [-0.39, 0.29) is 5.82 Å². The van der Waals surface area contributed by atoms with Crippen LogP contribution in [0, 0.1) is 11.7 Å². The predicted molar refractivity (Wildman–Crippen MR) is 71.4 cm³/mol. The smallest absolute Gasteiger partial charge is 0.123 e. The number of anilines is 1. The molecule has 0 radical (unpaired) electrons. The van der Waals surface area contributed by atoms with Crippen LogP contribution in [-0.2, 0) is 4.74 Å². The highest BCUT2D eigenvalue weighted by Gasteiger charge is 2.25. The van der Waals surface area contributed by atoms with E-state index in [1.165, 1.54) is 12.1 Å². The molecule has 0 aromatic heterocycles. The molecule has 0 aliphatic carbocycles. The SMILES string of the molecule is CNC(CN(C)c1ccc(F)cc1)C1CCOC1. The maximum atomic E-state index is 12.9. The van der Waals surface area contributed by atoms with E-state index in [1.54, 1.807) is 0 Å². The molecule has 2 rings (SSSR count). The number of benzene rings is 1. The van der Waals surface area contributed by atoms with Crippen molar-refractivity contribution < 1.29 is 9.13 Å². The summed E-state index contributed by atoms with van der Waals surface area (Å²) in [7, 11) is 4.02. The highest BCUT2D eigenvalue weighted by atomic mass is 19.1. The van der Waals surface area contributed by atoms with Crippen LogP contribution in [0.3, 0.4) is 0 Å². The second kappa shape index (κ2) is 6.16. The Hall–Kier alpha value is -1.13. The van der Waals surface area contributed by atoms with Gasteiger partial charge >= 0.3 is 0 Å². The molecule has 18 heavy (non-hydrogen) atoms. The maximum absolute atomic E-state index is 12.9. The molecule has 0 saturated carbocycles. The lowest BCUT2D eigenvalue weighted by atomic mass is 9.98. The minimum absolute atomic E-state index is 0.193. The highest BCUT2D eigenvalue weighted by molar-refractivity contribution is 5.45. The lowest BCUT2D eigenvalue weighted by Crippen LogP contribution is -2.43. The number of halogens is 1. The van der Waals surface area contributed by atoms with E-state index >= 15 is 0 Å². The third kappa shape index (κ3) is 3.21. The Kier molecular flexibility index (Phi) is 4.55. The van der Waals surface area contributed by atoms with Crippen molar-refractivity contribution in [1.82, 2.24) is 5.32 Å². The molecule has 4 heteroatoms. The average Bonchev–Trinajstić information content (AvgIpc) is 2.90. The Morgan fingerprint density at radius 1 is 1.44 bits per heavy atom. The van der Waals surface area contributed by atoms with Crippen molar-refractivity contribution in [2.45, 2.75) is 12.5 Å². The molecular weight excluding hydrogens is 231 g/mol. The average molecular weight is 252 g/mol. The van der Waals surface area contributed by atoms with E-state index in [1.807, 2.05) is 26.2 Å². The van der Waals surface area contributed by atoms with Crippen molar-refractivity contribution in [3.63, 3.8) is 0 Å². The molecule has 2 unspecified atom stereocenters. The Labute approximate surface area is 108 Å². The van der Waals surface area contributed by atoms with Gasteiger partial charge in [0.15, 0.2) is 0 Å². The van der Waals surface area contributed by atoms with Gasteiger partial charge in [0.2, 0.25) is 0 Å². The predicted octanol–water partition coefficient (Wildman–Crippen LogP) is 1.89. The fourth-order valence-corrected chi connectivity index (χ4v) is 2.44. The molecule has 1 aliphatic heterocycles. The van der Waals surface area contributed by atoms with Crippen molar-refractivity contribution >= 4 is 5.69 Å². The second-order valence-electron chi connectivity index (χ2n) is 4.88. The number of rotatable bonds is 5. The van der Waals surface area contributed by atoms with Crippen LogP contribution >= 0.6 is 0 Å². The van der Waals surface area contributed by atoms with Gasteiger partial charge in [-0.3, -0.25) is 0 Å². The minimum atomic E-state index is -0.193. The molecule has 0 amide bonds. The van der Waals surface area contributed by atoms with Gasteiger partial charge < -0.3 is 15.0 Å². The van der Waals surface area contributed by atoms with Gasteiger partial charge in [0.25, 0.3) is 0 Å². The van der Waals surface area contributed by atoms with E-state index in [0.717, 1.165) is 31.9 Å². The van der Waals surface area contributed by atoms with Gasteiger partial charge in [-0.2, -0.15) is 0 Å². The Balaban J connectivity index is 1.96. The monoisotopic (exact) mass is 252 g/mol. The summed E-state index contributed by atoms with van der Waals surface area (Å²) in [4.78, 5) is 2.15. The topological polar surface area (TPSA) is 24.5 Å². The normalized spacial score (nSPS) is 20.9. The summed E-state index contributed by atoms with van der Waals surface area (Å²) in [6.45, 7) is 2.60. The first kappa shape index (κ1) is 13.3. The standard InChI is InChI=1S/C14H21FN2O/c1-16-14(11-7-8-18-10-11)9-17(2)13-5-3-12(15)4-6-13/h3-6,11,14,16H,7-10H2,1-2H3. The van der Waals surface area contributed by atoms with Crippen molar-refractivity contribution in [2.24, 2.45) is 5.92 Å². The fourth-order valence-electron chi connectivity index (χ4n) is 2.44. The van der Waals surface area contributed by atoms with Gasteiger partial charge in [-0.25, -0.2) is 4.39 Å². The number of hydrogen-bond donors (Lipinski definition) is 1. The molecule has 0 spiro atoms. The maximum Gasteiger partial charge on any atom is 0.123 e. The molecule has 3 nitrogen and oxygen atoms in total. The van der Waals surface area contributed by atoms with Gasteiger partial charge in [-0.15, -0.1) is 0 Å². The molecular formula is C14H21FN2O. The van der Waals surface area contributed by atoms with Gasteiger partial charge in [-0.05, 0) is 37.7 Å². The molecule has 1 fully saturated rings. The van der Waals surface area contributed by atoms with E-state index < -0.39 is 0 Å². The van der Waals surface area contributed by atoms with E-state index in [0.29, 0.717) is 12.0 Å². The molecule has 1 aliphatic rings. The van der Waals surface area contributed by atoms with Crippen molar-refractivity contribution in [3.8, 4) is 0 Å². The Morgan fingerprint density at radius 3 is 2.72 bits per heavy atom. The first-order valence-corrected chi connectivity index (χ1v) is 6.42. The minimum Gasteiger partial charge on any atom is -0.381 e. The zero-order valence-electron chi connectivity index (χ0n) is 11.0. The van der Waals surface area contributed by atoms with E-state index in [4.69, 9.17) is 4.74 Å². The largest absolute Gasteiger partial charge is 0.381 e. The van der Waals surface area contributed by atoms with Crippen LogP contribution in [0.25, 0.3) is 0 Å². The van der Waals surface area contributed by atoms with Crippen LogP contribution < -0.4 is 10.2 Å². The first-order valence-electron chi connectivity index (χ1n) is 6.42. The molecule has 1 N–H and O–H groups in total. The van der Waals surface area contributed by atoms with Crippen LogP contribution in [0.1, 0.15) is 6.42 Å². The lowest BCUT2D eigenvalue weighted by molar-refractivity contribution is 0.178. The number of ether oxygens (including phenoxy) is 1. The van der Waals surface area contributed by atoms with E-state index in [2.05, 4.69) is 10.2 Å².